The molecule has 0 bridgehead atoms. The fraction of sp³-hybridized carbons (Fsp3) is 0.154. The van der Waals surface area contributed by atoms with Crippen molar-refractivity contribution in [3.63, 3.8) is 0 Å². The van der Waals surface area contributed by atoms with Gasteiger partial charge in [0.2, 0.25) is 0 Å². The molecule has 104 valence electrons. The van der Waals surface area contributed by atoms with Crippen LogP contribution in [-0.2, 0) is 6.42 Å². The Morgan fingerprint density at radius 2 is 2.00 bits per heavy atom. The molecule has 2 aromatic heterocycles. The molecule has 2 heterocycles. The number of pyridine rings is 2. The van der Waals surface area contributed by atoms with Gasteiger partial charge in [0.1, 0.15) is 5.82 Å². The molecular weight excluding hydrogens is 299 g/mol. The summed E-state index contributed by atoms with van der Waals surface area (Å²) >= 11 is 11.1. The summed E-state index contributed by atoms with van der Waals surface area (Å²) in [5, 5.41) is 0.559. The molecule has 0 saturated carbocycles. The Bertz CT molecular complexity index is 623. The van der Waals surface area contributed by atoms with Gasteiger partial charge in [0.05, 0.1) is 10.7 Å². The zero-order valence-corrected chi connectivity index (χ0v) is 12.0. The largest absolute Gasteiger partial charge is 0.376 e. The first-order chi connectivity index (χ1) is 9.59. The average Bonchev–Trinajstić information content (AvgIpc) is 2.42. The molecule has 7 heteroatoms. The number of hydrogen-bond donors (Lipinski definition) is 1. The van der Waals surface area contributed by atoms with Crippen molar-refractivity contribution in [3.8, 4) is 0 Å². The summed E-state index contributed by atoms with van der Waals surface area (Å²) in [6.45, 7) is 0.347. The number of hydrogen-bond acceptors (Lipinski definition) is 3. The number of thiocarbonyl (C=S) groups is 1. The van der Waals surface area contributed by atoms with E-state index in [1.165, 1.54) is 12.3 Å². The highest BCUT2D eigenvalue weighted by molar-refractivity contribution is 7.80. The summed E-state index contributed by atoms with van der Waals surface area (Å²) in [7, 11) is 0. The molecule has 0 amide bonds. The predicted octanol–water partition coefficient (Wildman–Crippen LogP) is 2.56. The van der Waals surface area contributed by atoms with Gasteiger partial charge < -0.3 is 10.6 Å². The third kappa shape index (κ3) is 3.40. The molecule has 0 unspecified atom stereocenters. The second kappa shape index (κ2) is 6.58. The lowest BCUT2D eigenvalue weighted by Crippen LogP contribution is -2.38. The molecule has 0 aliphatic rings. The molecule has 0 aliphatic carbocycles. The van der Waals surface area contributed by atoms with Gasteiger partial charge >= 0.3 is 0 Å². The Morgan fingerprint density at radius 3 is 2.65 bits per heavy atom. The van der Waals surface area contributed by atoms with E-state index in [1.807, 2.05) is 0 Å². The summed E-state index contributed by atoms with van der Waals surface area (Å²) < 4.78 is 13.5. The second-order valence-electron chi connectivity index (χ2n) is 3.98. The fourth-order valence-corrected chi connectivity index (χ4v) is 2.12. The van der Waals surface area contributed by atoms with Crippen molar-refractivity contribution in [3.05, 3.63) is 53.2 Å². The minimum atomic E-state index is -0.359. The van der Waals surface area contributed by atoms with E-state index in [-0.39, 0.29) is 10.9 Å². The molecule has 0 atom stereocenters. The Kier molecular flexibility index (Phi) is 4.81. The summed E-state index contributed by atoms with van der Waals surface area (Å²) in [5.41, 5.74) is 6.03. The van der Waals surface area contributed by atoms with E-state index in [0.717, 1.165) is 0 Å². The molecule has 2 aromatic rings. The zero-order chi connectivity index (χ0) is 14.5. The van der Waals surface area contributed by atoms with Crippen LogP contribution >= 0.6 is 23.8 Å². The van der Waals surface area contributed by atoms with Gasteiger partial charge in [0.25, 0.3) is 0 Å². The number of aromatic nitrogens is 2. The standard InChI is InChI=1S/C13H12ClFN4S/c14-9-3-1-7-18-12(9)19(13(16)20)8-5-11-10(15)4-2-6-17-11/h1-4,6-7H,5,8H2,(H2,16,20). The van der Waals surface area contributed by atoms with Crippen LogP contribution in [0.4, 0.5) is 10.2 Å². The SMILES string of the molecule is NC(=S)N(CCc1ncccc1F)c1ncccc1Cl. The average molecular weight is 311 g/mol. The first-order valence-corrected chi connectivity index (χ1v) is 6.65. The van der Waals surface area contributed by atoms with Gasteiger partial charge in [-0.2, -0.15) is 0 Å². The molecule has 4 nitrogen and oxygen atoms in total. The highest BCUT2D eigenvalue weighted by Crippen LogP contribution is 2.22. The van der Waals surface area contributed by atoms with Gasteiger partial charge in [0.15, 0.2) is 10.9 Å². The quantitative estimate of drug-likeness (QED) is 0.880. The molecule has 20 heavy (non-hydrogen) atoms. The maximum atomic E-state index is 13.5. The predicted molar refractivity (Wildman–Crippen MR) is 81.3 cm³/mol. The Morgan fingerprint density at radius 1 is 1.30 bits per heavy atom. The molecule has 0 spiro atoms. The van der Waals surface area contributed by atoms with Gasteiger partial charge in [-0.15, -0.1) is 0 Å². The lowest BCUT2D eigenvalue weighted by Gasteiger charge is -2.22. The van der Waals surface area contributed by atoms with E-state index in [1.54, 1.807) is 29.3 Å². The number of rotatable bonds is 4. The van der Waals surface area contributed by atoms with Crippen LogP contribution in [0.25, 0.3) is 0 Å². The van der Waals surface area contributed by atoms with Crippen LogP contribution in [0.3, 0.4) is 0 Å². The van der Waals surface area contributed by atoms with Gasteiger partial charge in [-0.25, -0.2) is 9.37 Å². The van der Waals surface area contributed by atoms with Gasteiger partial charge in [-0.05, 0) is 36.5 Å². The third-order valence-corrected chi connectivity index (χ3v) is 3.18. The lowest BCUT2D eigenvalue weighted by molar-refractivity contribution is 0.598. The zero-order valence-electron chi connectivity index (χ0n) is 10.5. The summed E-state index contributed by atoms with van der Waals surface area (Å²) in [6, 6.07) is 6.31. The fourth-order valence-electron chi connectivity index (χ4n) is 1.72. The Labute approximate surface area is 126 Å². The molecular formula is C13H12ClFN4S. The molecule has 0 fully saturated rings. The smallest absolute Gasteiger partial charge is 0.172 e. The van der Waals surface area contributed by atoms with Crippen molar-refractivity contribution in [2.75, 3.05) is 11.4 Å². The first-order valence-electron chi connectivity index (χ1n) is 5.86. The highest BCUT2D eigenvalue weighted by Gasteiger charge is 2.15. The first kappa shape index (κ1) is 14.6. The van der Waals surface area contributed by atoms with E-state index < -0.39 is 0 Å². The number of nitrogens with two attached hydrogens (primary N) is 1. The number of nitrogens with zero attached hydrogens (tertiary/aromatic N) is 3. The van der Waals surface area contributed by atoms with Crippen molar-refractivity contribution in [2.45, 2.75) is 6.42 Å². The molecule has 0 aliphatic heterocycles. The van der Waals surface area contributed by atoms with Crippen molar-refractivity contribution in [1.82, 2.24) is 9.97 Å². The maximum Gasteiger partial charge on any atom is 0.172 e. The molecule has 0 aromatic carbocycles. The van der Waals surface area contributed by atoms with Crippen molar-refractivity contribution < 1.29 is 4.39 Å². The van der Waals surface area contributed by atoms with Crippen LogP contribution < -0.4 is 10.6 Å². The summed E-state index contributed by atoms with van der Waals surface area (Å²) in [5.74, 6) is 0.0977. The minimum absolute atomic E-state index is 0.127. The number of halogens is 2. The van der Waals surface area contributed by atoms with E-state index in [0.29, 0.717) is 29.5 Å². The van der Waals surface area contributed by atoms with Gasteiger partial charge in [-0.3, -0.25) is 4.98 Å². The van der Waals surface area contributed by atoms with Gasteiger partial charge in [0, 0.05) is 25.4 Å². The highest BCUT2D eigenvalue weighted by atomic mass is 35.5. The van der Waals surface area contributed by atoms with Crippen LogP contribution in [0.15, 0.2) is 36.7 Å². The van der Waals surface area contributed by atoms with E-state index >= 15 is 0 Å². The molecule has 2 rings (SSSR count). The lowest BCUT2D eigenvalue weighted by atomic mass is 10.2. The van der Waals surface area contributed by atoms with Crippen LogP contribution in [0.1, 0.15) is 5.69 Å². The van der Waals surface area contributed by atoms with E-state index in [4.69, 9.17) is 29.6 Å². The van der Waals surface area contributed by atoms with Crippen molar-refractivity contribution in [2.24, 2.45) is 5.73 Å². The molecule has 0 radical (unpaired) electrons. The van der Waals surface area contributed by atoms with Crippen LogP contribution in [0.5, 0.6) is 0 Å². The summed E-state index contributed by atoms with van der Waals surface area (Å²) in [6.07, 6.45) is 3.47. The van der Waals surface area contributed by atoms with Crippen molar-refractivity contribution >= 4 is 34.7 Å². The maximum absolute atomic E-state index is 13.5. The number of anilines is 1. The van der Waals surface area contributed by atoms with Crippen LogP contribution in [0, 0.1) is 5.82 Å². The third-order valence-electron chi connectivity index (χ3n) is 2.67. The molecule has 0 saturated heterocycles. The van der Waals surface area contributed by atoms with E-state index in [9.17, 15) is 4.39 Å². The minimum Gasteiger partial charge on any atom is -0.376 e. The van der Waals surface area contributed by atoms with Gasteiger partial charge in [-0.1, -0.05) is 11.6 Å². The topological polar surface area (TPSA) is 55.0 Å². The summed E-state index contributed by atoms with van der Waals surface area (Å²) in [4.78, 5) is 9.69. The van der Waals surface area contributed by atoms with E-state index in [2.05, 4.69) is 9.97 Å². The Hall–Kier alpha value is -1.79. The van der Waals surface area contributed by atoms with Crippen LogP contribution in [0.2, 0.25) is 5.02 Å². The normalized spacial score (nSPS) is 10.3. The molecule has 2 N–H and O–H groups in total. The van der Waals surface area contributed by atoms with Crippen molar-refractivity contribution in [1.29, 1.82) is 0 Å². The monoisotopic (exact) mass is 310 g/mol. The van der Waals surface area contributed by atoms with Crippen LogP contribution in [-0.4, -0.2) is 21.6 Å². The Balaban J connectivity index is 2.18. The second-order valence-corrected chi connectivity index (χ2v) is 4.81.